The molecule has 0 aliphatic rings. The molecule has 2 heterocycles. The maximum absolute atomic E-state index is 4.49. The number of fused-ring (bicyclic) bond motifs is 1. The molecule has 0 aliphatic heterocycles. The van der Waals surface area contributed by atoms with Crippen LogP contribution in [0.5, 0.6) is 0 Å². The summed E-state index contributed by atoms with van der Waals surface area (Å²) in [5.74, 6) is 0. The van der Waals surface area contributed by atoms with E-state index in [1.165, 1.54) is 4.70 Å². The normalized spacial score (nSPS) is 12.2. The lowest BCUT2D eigenvalue weighted by Gasteiger charge is -2.12. The van der Waals surface area contributed by atoms with Crippen molar-refractivity contribution in [1.82, 2.24) is 9.97 Å². The lowest BCUT2D eigenvalue weighted by molar-refractivity contribution is 0.586. The van der Waals surface area contributed by atoms with Gasteiger partial charge in [-0.05, 0) is 12.1 Å². The molecular weight excluding hydrogens is 180 g/mol. The van der Waals surface area contributed by atoms with Crippen LogP contribution in [0.2, 0.25) is 0 Å². The highest BCUT2D eigenvalue weighted by Gasteiger charge is 2.18. The van der Waals surface area contributed by atoms with E-state index in [0.29, 0.717) is 0 Å². The van der Waals surface area contributed by atoms with Gasteiger partial charge in [0.05, 0.1) is 4.70 Å². The summed E-state index contributed by atoms with van der Waals surface area (Å²) in [6, 6.07) is 4.02. The van der Waals surface area contributed by atoms with Gasteiger partial charge in [0.1, 0.15) is 5.01 Å². The zero-order valence-corrected chi connectivity index (χ0v) is 8.85. The highest BCUT2D eigenvalue weighted by Crippen LogP contribution is 2.29. The maximum Gasteiger partial charge on any atom is 0.170 e. The summed E-state index contributed by atoms with van der Waals surface area (Å²) in [6.07, 6.45) is 1.79. The summed E-state index contributed by atoms with van der Waals surface area (Å²) in [5.41, 5.74) is 1.00. The van der Waals surface area contributed by atoms with E-state index >= 15 is 0 Å². The Morgan fingerprint density at radius 3 is 2.69 bits per heavy atom. The van der Waals surface area contributed by atoms with Gasteiger partial charge in [-0.25, -0.2) is 9.97 Å². The van der Waals surface area contributed by atoms with E-state index in [2.05, 4.69) is 36.8 Å². The summed E-state index contributed by atoms with van der Waals surface area (Å²) >= 11 is 1.73. The predicted octanol–water partition coefficient (Wildman–Crippen LogP) is 2.99. The average molecular weight is 192 g/mol. The second kappa shape index (κ2) is 2.77. The molecule has 0 N–H and O–H groups in total. The van der Waals surface area contributed by atoms with Crippen LogP contribution in [0.3, 0.4) is 0 Å². The molecule has 0 amide bonds. The number of pyridine rings is 1. The SMILES string of the molecule is CC(C)(C)c1nc2ncccc2s1. The molecular formula is C10H12N2S. The Kier molecular flexibility index (Phi) is 1.84. The van der Waals surface area contributed by atoms with Gasteiger partial charge in [0.2, 0.25) is 0 Å². The first-order valence-corrected chi connectivity index (χ1v) is 5.11. The number of thiazole rings is 1. The van der Waals surface area contributed by atoms with Gasteiger partial charge in [0.25, 0.3) is 0 Å². The van der Waals surface area contributed by atoms with Gasteiger partial charge >= 0.3 is 0 Å². The zero-order valence-electron chi connectivity index (χ0n) is 8.03. The van der Waals surface area contributed by atoms with Crippen LogP contribution >= 0.6 is 11.3 Å². The molecule has 0 saturated heterocycles. The molecule has 0 atom stereocenters. The molecule has 2 rings (SSSR count). The first kappa shape index (κ1) is 8.63. The molecule has 0 spiro atoms. The summed E-state index contributed by atoms with van der Waals surface area (Å²) in [5, 5.41) is 1.15. The third kappa shape index (κ3) is 1.56. The third-order valence-electron chi connectivity index (χ3n) is 1.81. The molecule has 0 fully saturated rings. The van der Waals surface area contributed by atoms with Crippen LogP contribution in [-0.4, -0.2) is 9.97 Å². The van der Waals surface area contributed by atoms with Gasteiger partial charge in [-0.1, -0.05) is 20.8 Å². The van der Waals surface area contributed by atoms with Crippen molar-refractivity contribution in [2.75, 3.05) is 0 Å². The Bertz CT molecular complexity index is 393. The summed E-state index contributed by atoms with van der Waals surface area (Å²) in [7, 11) is 0. The molecule has 0 aliphatic carbocycles. The summed E-state index contributed by atoms with van der Waals surface area (Å²) in [4.78, 5) is 8.71. The monoisotopic (exact) mass is 192 g/mol. The maximum atomic E-state index is 4.49. The standard InChI is InChI=1S/C10H12N2S/c1-10(2,3)9-12-8-7(13-9)5-4-6-11-8/h4-6H,1-3H3. The van der Waals surface area contributed by atoms with E-state index in [-0.39, 0.29) is 5.41 Å². The van der Waals surface area contributed by atoms with Crippen LogP contribution in [-0.2, 0) is 5.41 Å². The largest absolute Gasteiger partial charge is 0.236 e. The molecule has 68 valence electrons. The van der Waals surface area contributed by atoms with E-state index in [1.807, 2.05) is 6.07 Å². The van der Waals surface area contributed by atoms with Crippen LogP contribution in [0.1, 0.15) is 25.8 Å². The van der Waals surface area contributed by atoms with E-state index < -0.39 is 0 Å². The molecule has 2 aromatic heterocycles. The quantitative estimate of drug-likeness (QED) is 0.641. The highest BCUT2D eigenvalue weighted by molar-refractivity contribution is 7.18. The Morgan fingerprint density at radius 1 is 1.31 bits per heavy atom. The second-order valence-corrected chi connectivity index (χ2v) is 5.12. The number of rotatable bonds is 0. The lowest BCUT2D eigenvalue weighted by Crippen LogP contribution is -2.09. The number of aromatic nitrogens is 2. The number of hydrogen-bond acceptors (Lipinski definition) is 3. The van der Waals surface area contributed by atoms with Gasteiger partial charge in [0, 0.05) is 11.6 Å². The molecule has 0 aromatic carbocycles. The molecule has 2 nitrogen and oxygen atoms in total. The summed E-state index contributed by atoms with van der Waals surface area (Å²) in [6.45, 7) is 6.51. The van der Waals surface area contributed by atoms with Gasteiger partial charge in [-0.2, -0.15) is 0 Å². The van der Waals surface area contributed by atoms with Crippen molar-refractivity contribution in [3.05, 3.63) is 23.3 Å². The van der Waals surface area contributed by atoms with E-state index in [4.69, 9.17) is 0 Å². The van der Waals surface area contributed by atoms with Crippen LogP contribution in [0.25, 0.3) is 10.3 Å². The van der Waals surface area contributed by atoms with Gasteiger partial charge in [-0.3, -0.25) is 0 Å². The van der Waals surface area contributed by atoms with Crippen LogP contribution in [0.4, 0.5) is 0 Å². The molecule has 13 heavy (non-hydrogen) atoms. The van der Waals surface area contributed by atoms with Crippen molar-refractivity contribution < 1.29 is 0 Å². The van der Waals surface area contributed by atoms with Crippen molar-refractivity contribution in [3.63, 3.8) is 0 Å². The van der Waals surface area contributed by atoms with Gasteiger partial charge in [-0.15, -0.1) is 11.3 Å². The van der Waals surface area contributed by atoms with Crippen molar-refractivity contribution in [2.24, 2.45) is 0 Å². The highest BCUT2D eigenvalue weighted by atomic mass is 32.1. The van der Waals surface area contributed by atoms with E-state index in [0.717, 1.165) is 10.7 Å². The first-order chi connectivity index (χ1) is 6.07. The van der Waals surface area contributed by atoms with Crippen LogP contribution in [0, 0.1) is 0 Å². The molecule has 0 bridgehead atoms. The molecule has 0 radical (unpaired) electrons. The fourth-order valence-electron chi connectivity index (χ4n) is 1.09. The molecule has 2 aromatic rings. The average Bonchev–Trinajstić information content (AvgIpc) is 2.45. The Labute approximate surface area is 81.7 Å². The summed E-state index contributed by atoms with van der Waals surface area (Å²) < 4.78 is 1.17. The fourth-order valence-corrected chi connectivity index (χ4v) is 2.07. The second-order valence-electron chi connectivity index (χ2n) is 4.09. The minimum absolute atomic E-state index is 0.130. The predicted molar refractivity (Wildman–Crippen MR) is 56.1 cm³/mol. The molecule has 0 saturated carbocycles. The zero-order chi connectivity index (χ0) is 9.47. The van der Waals surface area contributed by atoms with Gasteiger partial charge < -0.3 is 0 Å². The topological polar surface area (TPSA) is 25.8 Å². The van der Waals surface area contributed by atoms with Crippen LogP contribution < -0.4 is 0 Å². The number of hydrogen-bond donors (Lipinski definition) is 0. The minimum Gasteiger partial charge on any atom is -0.236 e. The smallest absolute Gasteiger partial charge is 0.170 e. The van der Waals surface area contributed by atoms with Crippen molar-refractivity contribution in [2.45, 2.75) is 26.2 Å². The van der Waals surface area contributed by atoms with E-state index in [9.17, 15) is 0 Å². The van der Waals surface area contributed by atoms with Crippen molar-refractivity contribution in [3.8, 4) is 0 Å². The molecule has 3 heteroatoms. The first-order valence-electron chi connectivity index (χ1n) is 4.29. The third-order valence-corrected chi connectivity index (χ3v) is 3.24. The minimum atomic E-state index is 0.130. The van der Waals surface area contributed by atoms with Crippen LogP contribution in [0.15, 0.2) is 18.3 Å². The number of nitrogens with zero attached hydrogens (tertiary/aromatic N) is 2. The lowest BCUT2D eigenvalue weighted by atomic mass is 9.98. The Morgan fingerprint density at radius 2 is 2.08 bits per heavy atom. The molecule has 0 unspecified atom stereocenters. The Balaban J connectivity index is 2.63. The van der Waals surface area contributed by atoms with Crippen molar-refractivity contribution >= 4 is 21.7 Å². The van der Waals surface area contributed by atoms with E-state index in [1.54, 1.807) is 17.5 Å². The Hall–Kier alpha value is -0.960. The fraction of sp³-hybridized carbons (Fsp3) is 0.400. The van der Waals surface area contributed by atoms with Gasteiger partial charge in [0.15, 0.2) is 5.65 Å². The van der Waals surface area contributed by atoms with Crippen molar-refractivity contribution in [1.29, 1.82) is 0 Å².